The van der Waals surface area contributed by atoms with Crippen LogP contribution in [-0.2, 0) is 21.1 Å². The molecule has 0 bridgehead atoms. The maximum Gasteiger partial charge on any atom is 0.501 e. The van der Waals surface area contributed by atoms with Crippen LogP contribution >= 0.6 is 0 Å². The van der Waals surface area contributed by atoms with E-state index in [1.807, 2.05) is 30.3 Å². The third kappa shape index (κ3) is 4.03. The first-order valence-electron chi connectivity index (χ1n) is 10.0. The van der Waals surface area contributed by atoms with Gasteiger partial charge in [-0.15, -0.1) is 0 Å². The van der Waals surface area contributed by atoms with Crippen molar-refractivity contribution in [2.45, 2.75) is 29.3 Å². The van der Waals surface area contributed by atoms with Gasteiger partial charge in [0.15, 0.2) is 0 Å². The Morgan fingerprint density at radius 2 is 1.65 bits per heavy atom. The molecular weight excluding hydrogens is 471 g/mol. The van der Waals surface area contributed by atoms with Crippen molar-refractivity contribution >= 4 is 27.5 Å². The molecule has 0 radical (unpaired) electrons. The number of amides is 3. The number of anilines is 1. The molecule has 1 N–H and O–H groups in total. The van der Waals surface area contributed by atoms with Crippen molar-refractivity contribution in [3.8, 4) is 11.1 Å². The summed E-state index contributed by atoms with van der Waals surface area (Å²) in [6.07, 6.45) is 3.36. The molecule has 0 saturated carbocycles. The van der Waals surface area contributed by atoms with Crippen LogP contribution < -0.4 is 10.2 Å². The molecule has 3 aromatic rings. The normalized spacial score (nSPS) is 18.8. The van der Waals surface area contributed by atoms with Gasteiger partial charge in [-0.25, -0.2) is 18.1 Å². The van der Waals surface area contributed by atoms with Crippen molar-refractivity contribution in [2.24, 2.45) is 0 Å². The number of pyridine rings is 1. The zero-order valence-corrected chi connectivity index (χ0v) is 18.5. The SMILES string of the molecule is CC1(Cc2ccncc2-c2ccccc2)NC(=O)N(c2ccc(S(=O)(=O)C(F)(F)F)cc2)C1=O. The molecule has 2 heterocycles. The van der Waals surface area contributed by atoms with E-state index in [2.05, 4.69) is 10.3 Å². The molecule has 1 aromatic heterocycles. The molecule has 4 rings (SSSR count). The molecule has 1 saturated heterocycles. The van der Waals surface area contributed by atoms with E-state index >= 15 is 0 Å². The van der Waals surface area contributed by atoms with E-state index in [9.17, 15) is 31.2 Å². The number of alkyl halides is 3. The molecule has 1 aliphatic heterocycles. The largest absolute Gasteiger partial charge is 0.501 e. The minimum atomic E-state index is -5.55. The summed E-state index contributed by atoms with van der Waals surface area (Å²) < 4.78 is 61.5. The molecule has 0 spiro atoms. The van der Waals surface area contributed by atoms with Crippen molar-refractivity contribution < 1.29 is 31.2 Å². The number of halogens is 3. The highest BCUT2D eigenvalue weighted by Gasteiger charge is 2.49. The molecule has 0 aliphatic carbocycles. The van der Waals surface area contributed by atoms with Crippen LogP contribution in [0.4, 0.5) is 23.7 Å². The summed E-state index contributed by atoms with van der Waals surface area (Å²) in [5.41, 5.74) is -4.44. The Hall–Kier alpha value is -3.73. The van der Waals surface area contributed by atoms with Gasteiger partial charge in [0.1, 0.15) is 5.54 Å². The van der Waals surface area contributed by atoms with Gasteiger partial charge < -0.3 is 5.32 Å². The maximum atomic E-state index is 13.3. The number of urea groups is 1. The lowest BCUT2D eigenvalue weighted by atomic mass is 9.89. The Labute approximate surface area is 193 Å². The monoisotopic (exact) mass is 489 g/mol. The van der Waals surface area contributed by atoms with Crippen LogP contribution in [0.5, 0.6) is 0 Å². The Balaban J connectivity index is 1.63. The second-order valence-corrected chi connectivity index (χ2v) is 9.86. The van der Waals surface area contributed by atoms with Gasteiger partial charge in [-0.2, -0.15) is 13.2 Å². The topological polar surface area (TPSA) is 96.4 Å². The van der Waals surface area contributed by atoms with Crippen LogP contribution in [0.3, 0.4) is 0 Å². The van der Waals surface area contributed by atoms with E-state index in [4.69, 9.17) is 0 Å². The summed E-state index contributed by atoms with van der Waals surface area (Å²) in [6, 6.07) is 13.7. The standard InChI is InChI=1S/C23H18F3N3O4S/c1-22(13-16-11-12-27-14-19(16)15-5-3-2-4-6-15)20(30)29(21(31)28-22)17-7-9-18(10-8-17)34(32,33)23(24,25)26/h2-12,14H,13H2,1H3,(H,28,31). The first kappa shape index (κ1) is 23.4. The Morgan fingerprint density at radius 1 is 1.00 bits per heavy atom. The van der Waals surface area contributed by atoms with Crippen LogP contribution in [0.2, 0.25) is 0 Å². The number of hydrogen-bond donors (Lipinski definition) is 1. The first-order chi connectivity index (χ1) is 15.9. The molecule has 1 unspecified atom stereocenters. The molecule has 2 aromatic carbocycles. The van der Waals surface area contributed by atoms with E-state index in [1.165, 1.54) is 0 Å². The number of sulfone groups is 1. The van der Waals surface area contributed by atoms with Crippen molar-refractivity contribution in [1.82, 2.24) is 10.3 Å². The number of imide groups is 1. The average molecular weight is 489 g/mol. The lowest BCUT2D eigenvalue weighted by molar-refractivity contribution is -0.121. The van der Waals surface area contributed by atoms with Gasteiger partial charge in [0.25, 0.3) is 15.7 Å². The molecule has 7 nitrogen and oxygen atoms in total. The second-order valence-electron chi connectivity index (χ2n) is 7.92. The van der Waals surface area contributed by atoms with Gasteiger partial charge in [0.2, 0.25) is 0 Å². The Kier molecular flexibility index (Phi) is 5.68. The Bertz CT molecular complexity index is 1360. The predicted octanol–water partition coefficient (Wildman–Crippen LogP) is 4.10. The smallest absolute Gasteiger partial charge is 0.323 e. The summed E-state index contributed by atoms with van der Waals surface area (Å²) in [7, 11) is -5.55. The number of benzene rings is 2. The predicted molar refractivity (Wildman–Crippen MR) is 117 cm³/mol. The van der Waals surface area contributed by atoms with Crippen molar-refractivity contribution in [3.63, 3.8) is 0 Å². The van der Waals surface area contributed by atoms with E-state index in [-0.39, 0.29) is 12.1 Å². The fraction of sp³-hybridized carbons (Fsp3) is 0.174. The zero-order chi connectivity index (χ0) is 24.7. The van der Waals surface area contributed by atoms with Crippen LogP contribution in [0.1, 0.15) is 12.5 Å². The third-order valence-corrected chi connectivity index (χ3v) is 7.01. The number of aromatic nitrogens is 1. The number of nitrogens with zero attached hydrogens (tertiary/aromatic N) is 2. The van der Waals surface area contributed by atoms with E-state index in [0.717, 1.165) is 33.7 Å². The summed E-state index contributed by atoms with van der Waals surface area (Å²) in [5, 5.41) is 2.64. The van der Waals surface area contributed by atoms with Crippen LogP contribution in [0.15, 0.2) is 78.0 Å². The quantitative estimate of drug-likeness (QED) is 0.545. The maximum absolute atomic E-state index is 13.3. The molecular formula is C23H18F3N3O4S. The van der Waals surface area contributed by atoms with Crippen LogP contribution in [0, 0.1) is 0 Å². The molecule has 1 aliphatic rings. The number of hydrogen-bond acceptors (Lipinski definition) is 5. The summed E-state index contributed by atoms with van der Waals surface area (Å²) in [6.45, 7) is 1.55. The van der Waals surface area contributed by atoms with Gasteiger partial charge in [0.05, 0.1) is 10.6 Å². The van der Waals surface area contributed by atoms with Crippen LogP contribution in [-0.4, -0.2) is 36.4 Å². The highest BCUT2D eigenvalue weighted by atomic mass is 32.2. The summed E-state index contributed by atoms with van der Waals surface area (Å²) in [5.74, 6) is -0.625. The lowest BCUT2D eigenvalue weighted by Crippen LogP contribution is -2.46. The molecule has 11 heteroatoms. The first-order valence-corrected chi connectivity index (χ1v) is 11.5. The van der Waals surface area contributed by atoms with Gasteiger partial charge in [-0.05, 0) is 48.4 Å². The minimum Gasteiger partial charge on any atom is -0.323 e. The summed E-state index contributed by atoms with van der Waals surface area (Å²) in [4.78, 5) is 29.9. The number of rotatable bonds is 5. The van der Waals surface area contributed by atoms with Crippen LogP contribution in [0.25, 0.3) is 11.1 Å². The zero-order valence-electron chi connectivity index (χ0n) is 17.7. The minimum absolute atomic E-state index is 0.0506. The van der Waals surface area contributed by atoms with Crippen molar-refractivity contribution in [2.75, 3.05) is 4.90 Å². The van der Waals surface area contributed by atoms with Gasteiger partial charge in [-0.1, -0.05) is 30.3 Å². The number of carbonyl (C=O) groups excluding carboxylic acids is 2. The van der Waals surface area contributed by atoms with Gasteiger partial charge in [0, 0.05) is 24.4 Å². The molecule has 34 heavy (non-hydrogen) atoms. The van der Waals surface area contributed by atoms with E-state index in [0.29, 0.717) is 12.1 Å². The molecule has 1 fully saturated rings. The Morgan fingerprint density at radius 3 is 2.26 bits per heavy atom. The van der Waals surface area contributed by atoms with Crippen molar-refractivity contribution in [1.29, 1.82) is 0 Å². The van der Waals surface area contributed by atoms with E-state index in [1.54, 1.807) is 25.4 Å². The highest BCUT2D eigenvalue weighted by Crippen LogP contribution is 2.34. The second kappa shape index (κ2) is 8.24. The highest BCUT2D eigenvalue weighted by molar-refractivity contribution is 7.92. The fourth-order valence-corrected chi connectivity index (χ4v) is 4.54. The number of carbonyl (C=O) groups is 2. The third-order valence-electron chi connectivity index (χ3n) is 5.51. The molecule has 3 amide bonds. The summed E-state index contributed by atoms with van der Waals surface area (Å²) >= 11 is 0. The van der Waals surface area contributed by atoms with Crippen molar-refractivity contribution in [3.05, 3.63) is 78.6 Å². The van der Waals surface area contributed by atoms with Gasteiger partial charge in [-0.3, -0.25) is 9.78 Å². The fourth-order valence-electron chi connectivity index (χ4n) is 3.78. The lowest BCUT2D eigenvalue weighted by Gasteiger charge is -2.23. The molecule has 176 valence electrons. The number of nitrogens with one attached hydrogen (secondary N) is 1. The molecule has 1 atom stereocenters. The van der Waals surface area contributed by atoms with Gasteiger partial charge >= 0.3 is 11.5 Å². The average Bonchev–Trinajstić information content (AvgIpc) is 3.01. The van der Waals surface area contributed by atoms with E-state index < -0.39 is 37.7 Å².